The SMILES string of the molecule is C=CCCCOC(=O)N[C@@](C)(CNS(=O)(=O)c1ccccc1[N+](=O)[O-])C(=O)O. The number of hydrogen-bond donors (Lipinski definition) is 3. The number of allylic oxidation sites excluding steroid dienone is 1. The van der Waals surface area contributed by atoms with Gasteiger partial charge in [0, 0.05) is 12.6 Å². The molecule has 0 saturated carbocycles. The Hall–Kier alpha value is -2.99. The number of hydrogen-bond acceptors (Lipinski definition) is 7. The first kappa shape index (κ1) is 23.0. The molecular weight excluding hydrogens is 394 g/mol. The summed E-state index contributed by atoms with van der Waals surface area (Å²) < 4.78 is 31.6. The Kier molecular flexibility index (Phi) is 8.07. The number of rotatable bonds is 11. The monoisotopic (exact) mass is 415 g/mol. The minimum Gasteiger partial charge on any atom is -0.479 e. The maximum atomic E-state index is 12.4. The minimum atomic E-state index is -4.42. The van der Waals surface area contributed by atoms with Crippen LogP contribution in [0.3, 0.4) is 0 Å². The summed E-state index contributed by atoms with van der Waals surface area (Å²) in [4.78, 5) is 32.8. The third kappa shape index (κ3) is 6.32. The number of benzene rings is 1. The first-order valence-corrected chi connectivity index (χ1v) is 9.54. The van der Waals surface area contributed by atoms with Gasteiger partial charge in [-0.3, -0.25) is 10.1 Å². The average molecular weight is 415 g/mol. The van der Waals surface area contributed by atoms with Crippen molar-refractivity contribution in [2.45, 2.75) is 30.2 Å². The summed E-state index contributed by atoms with van der Waals surface area (Å²) in [5, 5.41) is 22.5. The molecule has 0 unspecified atom stereocenters. The summed E-state index contributed by atoms with van der Waals surface area (Å²) in [5.74, 6) is -1.53. The molecular formula is C16H21N3O8S. The summed E-state index contributed by atoms with van der Waals surface area (Å²) in [5.41, 5.74) is -2.71. The zero-order valence-corrected chi connectivity index (χ0v) is 15.9. The number of nitrogens with zero attached hydrogens (tertiary/aromatic N) is 1. The van der Waals surface area contributed by atoms with Crippen molar-refractivity contribution >= 4 is 27.8 Å². The summed E-state index contributed by atoms with van der Waals surface area (Å²) in [6.07, 6.45) is 1.67. The van der Waals surface area contributed by atoms with Crippen LogP contribution in [0, 0.1) is 10.1 Å². The van der Waals surface area contributed by atoms with Crippen molar-refractivity contribution in [1.82, 2.24) is 10.0 Å². The fraction of sp³-hybridized carbons (Fsp3) is 0.375. The molecule has 12 heteroatoms. The molecule has 28 heavy (non-hydrogen) atoms. The number of sulfonamides is 1. The van der Waals surface area contributed by atoms with Gasteiger partial charge in [-0.25, -0.2) is 22.7 Å². The Morgan fingerprint density at radius 3 is 2.61 bits per heavy atom. The van der Waals surface area contributed by atoms with Crippen LogP contribution in [0.4, 0.5) is 10.5 Å². The molecule has 0 aliphatic rings. The number of aliphatic carboxylic acids is 1. The van der Waals surface area contributed by atoms with E-state index in [-0.39, 0.29) is 6.61 Å². The molecule has 1 aromatic carbocycles. The minimum absolute atomic E-state index is 0.0233. The van der Waals surface area contributed by atoms with Crippen molar-refractivity contribution in [3.63, 3.8) is 0 Å². The van der Waals surface area contributed by atoms with Crippen molar-refractivity contribution in [1.29, 1.82) is 0 Å². The van der Waals surface area contributed by atoms with E-state index in [1.807, 2.05) is 4.72 Å². The fourth-order valence-electron chi connectivity index (χ4n) is 1.98. The van der Waals surface area contributed by atoms with Crippen molar-refractivity contribution in [3.05, 3.63) is 47.0 Å². The Labute approximate surface area is 161 Å². The van der Waals surface area contributed by atoms with Crippen LogP contribution in [0.5, 0.6) is 0 Å². The number of nitro benzene ring substituents is 1. The fourth-order valence-corrected chi connectivity index (χ4v) is 3.29. The van der Waals surface area contributed by atoms with Gasteiger partial charge in [-0.2, -0.15) is 0 Å². The van der Waals surface area contributed by atoms with E-state index < -0.39 is 49.7 Å². The first-order chi connectivity index (χ1) is 13.0. The van der Waals surface area contributed by atoms with E-state index in [0.29, 0.717) is 12.8 Å². The second-order valence-corrected chi connectivity index (χ2v) is 7.61. The molecule has 0 bridgehead atoms. The van der Waals surface area contributed by atoms with Crippen LogP contribution in [0.1, 0.15) is 19.8 Å². The van der Waals surface area contributed by atoms with Crippen molar-refractivity contribution in [2.24, 2.45) is 0 Å². The number of ether oxygens (including phenoxy) is 1. The van der Waals surface area contributed by atoms with Crippen LogP contribution in [0.15, 0.2) is 41.8 Å². The third-order valence-electron chi connectivity index (χ3n) is 3.60. The van der Waals surface area contributed by atoms with E-state index in [2.05, 4.69) is 11.9 Å². The van der Waals surface area contributed by atoms with Gasteiger partial charge in [0.2, 0.25) is 10.0 Å². The maximum absolute atomic E-state index is 12.4. The van der Waals surface area contributed by atoms with Crippen LogP contribution >= 0.6 is 0 Å². The molecule has 1 amide bonds. The standard InChI is InChI=1S/C16H21N3O8S/c1-3-4-7-10-27-15(22)18-16(2,14(20)21)11-17-28(25,26)13-9-6-5-8-12(13)19(23)24/h3,5-6,8-9,17H,1,4,7,10-11H2,2H3,(H,18,22)(H,20,21)/t16-/m0/s1. The Morgan fingerprint density at radius 2 is 2.04 bits per heavy atom. The van der Waals surface area contributed by atoms with Crippen molar-refractivity contribution in [3.8, 4) is 0 Å². The second kappa shape index (κ2) is 9.80. The van der Waals surface area contributed by atoms with E-state index >= 15 is 0 Å². The van der Waals surface area contributed by atoms with E-state index in [0.717, 1.165) is 19.1 Å². The predicted molar refractivity (Wildman–Crippen MR) is 98.2 cm³/mol. The van der Waals surface area contributed by atoms with E-state index in [9.17, 15) is 33.2 Å². The van der Waals surface area contributed by atoms with Crippen LogP contribution in [-0.4, -0.2) is 49.2 Å². The lowest BCUT2D eigenvalue weighted by molar-refractivity contribution is -0.387. The number of amides is 1. The molecule has 1 rings (SSSR count). The highest BCUT2D eigenvalue weighted by molar-refractivity contribution is 7.89. The number of alkyl carbamates (subject to hydrolysis) is 1. The number of unbranched alkanes of at least 4 members (excludes halogenated alkanes) is 1. The van der Waals surface area contributed by atoms with Gasteiger partial charge in [0.25, 0.3) is 5.69 Å². The lowest BCUT2D eigenvalue weighted by Crippen LogP contribution is -2.58. The van der Waals surface area contributed by atoms with Gasteiger partial charge >= 0.3 is 12.1 Å². The van der Waals surface area contributed by atoms with Crippen molar-refractivity contribution in [2.75, 3.05) is 13.2 Å². The van der Waals surface area contributed by atoms with Gasteiger partial charge in [-0.1, -0.05) is 18.2 Å². The molecule has 0 fully saturated rings. The zero-order valence-electron chi connectivity index (χ0n) is 15.1. The maximum Gasteiger partial charge on any atom is 0.408 e. The Balaban J connectivity index is 2.89. The van der Waals surface area contributed by atoms with Crippen LogP contribution in [0.2, 0.25) is 0 Å². The highest BCUT2D eigenvalue weighted by atomic mass is 32.2. The molecule has 0 aliphatic heterocycles. The molecule has 0 spiro atoms. The molecule has 3 N–H and O–H groups in total. The summed E-state index contributed by atoms with van der Waals surface area (Å²) in [7, 11) is -4.42. The highest BCUT2D eigenvalue weighted by Crippen LogP contribution is 2.22. The van der Waals surface area contributed by atoms with Crippen molar-refractivity contribution < 1.29 is 32.8 Å². The van der Waals surface area contributed by atoms with Crippen LogP contribution in [-0.2, 0) is 19.6 Å². The van der Waals surface area contributed by atoms with E-state index in [4.69, 9.17) is 4.74 Å². The highest BCUT2D eigenvalue weighted by Gasteiger charge is 2.38. The van der Waals surface area contributed by atoms with Crippen LogP contribution in [0.25, 0.3) is 0 Å². The van der Waals surface area contributed by atoms with Gasteiger partial charge < -0.3 is 15.2 Å². The lowest BCUT2D eigenvalue weighted by Gasteiger charge is -2.26. The average Bonchev–Trinajstić information content (AvgIpc) is 2.63. The number of para-hydroxylation sites is 1. The smallest absolute Gasteiger partial charge is 0.408 e. The third-order valence-corrected chi connectivity index (χ3v) is 5.05. The second-order valence-electron chi connectivity index (χ2n) is 5.88. The predicted octanol–water partition coefficient (Wildman–Crippen LogP) is 1.41. The van der Waals surface area contributed by atoms with E-state index in [1.165, 1.54) is 12.1 Å². The summed E-state index contributed by atoms with van der Waals surface area (Å²) in [6.45, 7) is 3.84. The molecule has 0 saturated heterocycles. The number of nitrogens with one attached hydrogen (secondary N) is 2. The summed E-state index contributed by atoms with van der Waals surface area (Å²) >= 11 is 0. The molecule has 11 nitrogen and oxygen atoms in total. The van der Waals surface area contributed by atoms with Gasteiger partial charge in [0.05, 0.1) is 11.5 Å². The van der Waals surface area contributed by atoms with Gasteiger partial charge in [-0.05, 0) is 25.8 Å². The number of carbonyl (C=O) groups excluding carboxylic acids is 1. The van der Waals surface area contributed by atoms with Gasteiger partial charge in [-0.15, -0.1) is 6.58 Å². The van der Waals surface area contributed by atoms with Gasteiger partial charge in [0.15, 0.2) is 10.4 Å². The Bertz CT molecular complexity index is 855. The topological polar surface area (TPSA) is 165 Å². The molecule has 1 aromatic rings. The number of carboxylic acid groups (broad SMARTS) is 1. The van der Waals surface area contributed by atoms with E-state index in [1.54, 1.807) is 6.08 Å². The molecule has 154 valence electrons. The normalized spacial score (nSPS) is 13.2. The van der Waals surface area contributed by atoms with Crippen LogP contribution < -0.4 is 10.0 Å². The summed E-state index contributed by atoms with van der Waals surface area (Å²) in [6, 6.07) is 4.60. The number of nitro groups is 1. The van der Waals surface area contributed by atoms with Gasteiger partial charge in [0.1, 0.15) is 0 Å². The largest absolute Gasteiger partial charge is 0.479 e. The number of carbonyl (C=O) groups is 2. The zero-order chi connectivity index (χ0) is 21.4. The molecule has 1 atom stereocenters. The Morgan fingerprint density at radius 1 is 1.39 bits per heavy atom. The quantitative estimate of drug-likeness (QED) is 0.211. The molecule has 0 aromatic heterocycles. The molecule has 0 radical (unpaired) electrons. The first-order valence-electron chi connectivity index (χ1n) is 8.06. The molecule has 0 heterocycles. The number of carboxylic acids is 1. The lowest BCUT2D eigenvalue weighted by atomic mass is 10.0. The molecule has 0 aliphatic carbocycles.